The van der Waals surface area contributed by atoms with Crippen LogP contribution in [0.5, 0.6) is 0 Å². The Labute approximate surface area is 98.2 Å². The number of aryl methyl sites for hydroxylation is 1. The molecule has 2 rings (SSSR count). The molecule has 0 aromatic carbocycles. The minimum atomic E-state index is -0.781. The summed E-state index contributed by atoms with van der Waals surface area (Å²) >= 11 is 1.62. The second-order valence-corrected chi connectivity index (χ2v) is 4.89. The van der Waals surface area contributed by atoms with Gasteiger partial charge in [0.15, 0.2) is 0 Å². The van der Waals surface area contributed by atoms with Crippen molar-refractivity contribution >= 4 is 17.7 Å². The molecule has 2 N–H and O–H groups in total. The van der Waals surface area contributed by atoms with Gasteiger partial charge in [-0.1, -0.05) is 6.92 Å². The molecule has 88 valence electrons. The molecule has 5 nitrogen and oxygen atoms in total. The van der Waals surface area contributed by atoms with E-state index in [1.165, 1.54) is 0 Å². The minimum Gasteiger partial charge on any atom is -0.480 e. The zero-order chi connectivity index (χ0) is 11.5. The van der Waals surface area contributed by atoms with Gasteiger partial charge in [0.2, 0.25) is 0 Å². The number of hydrogen-bond acceptors (Lipinski definition) is 4. The lowest BCUT2D eigenvalue weighted by Gasteiger charge is -2.13. The highest BCUT2D eigenvalue weighted by molar-refractivity contribution is 7.99. The van der Waals surface area contributed by atoms with Crippen LogP contribution >= 0.6 is 11.8 Å². The lowest BCUT2D eigenvalue weighted by Crippen LogP contribution is -2.34. The van der Waals surface area contributed by atoms with E-state index in [0.717, 1.165) is 18.7 Å². The Morgan fingerprint density at radius 2 is 2.62 bits per heavy atom. The molecule has 1 aliphatic heterocycles. The van der Waals surface area contributed by atoms with Crippen molar-refractivity contribution in [1.82, 2.24) is 15.1 Å². The Morgan fingerprint density at radius 1 is 1.81 bits per heavy atom. The first-order chi connectivity index (χ1) is 7.72. The number of hydrogen-bond donors (Lipinski definition) is 2. The molecule has 1 aromatic rings. The maximum absolute atomic E-state index is 10.8. The Hall–Kier alpha value is -1.01. The van der Waals surface area contributed by atoms with E-state index in [1.54, 1.807) is 18.0 Å². The first kappa shape index (κ1) is 11.5. The monoisotopic (exact) mass is 241 g/mol. The average Bonchev–Trinajstić information content (AvgIpc) is 2.84. The fourth-order valence-corrected chi connectivity index (χ4v) is 3.00. The SMILES string of the molecule is CCCn1nccc1C1N[C@H](C(=O)O)CS1. The normalized spacial score (nSPS) is 24.8. The molecule has 6 heteroatoms. The van der Waals surface area contributed by atoms with E-state index in [-0.39, 0.29) is 5.37 Å². The molecule has 2 heterocycles. The van der Waals surface area contributed by atoms with Gasteiger partial charge < -0.3 is 5.11 Å². The molecule has 1 saturated heterocycles. The number of carboxylic acid groups (broad SMARTS) is 1. The van der Waals surface area contributed by atoms with Crippen molar-refractivity contribution in [3.63, 3.8) is 0 Å². The first-order valence-electron chi connectivity index (χ1n) is 5.34. The van der Waals surface area contributed by atoms with Crippen LogP contribution in [0.3, 0.4) is 0 Å². The molecular weight excluding hydrogens is 226 g/mol. The molecule has 1 fully saturated rings. The van der Waals surface area contributed by atoms with Gasteiger partial charge in [0.05, 0.1) is 11.1 Å². The summed E-state index contributed by atoms with van der Waals surface area (Å²) in [4.78, 5) is 10.8. The van der Waals surface area contributed by atoms with Crippen LogP contribution in [0.1, 0.15) is 24.4 Å². The zero-order valence-corrected chi connectivity index (χ0v) is 9.91. The third-order valence-corrected chi connectivity index (χ3v) is 3.77. The molecule has 0 spiro atoms. The van der Waals surface area contributed by atoms with Crippen molar-refractivity contribution in [1.29, 1.82) is 0 Å². The van der Waals surface area contributed by atoms with Gasteiger partial charge >= 0.3 is 5.97 Å². The third-order valence-electron chi connectivity index (χ3n) is 2.53. The Bertz CT molecular complexity index is 380. The lowest BCUT2D eigenvalue weighted by atomic mass is 10.3. The highest BCUT2D eigenvalue weighted by Gasteiger charge is 2.31. The number of aromatic nitrogens is 2. The van der Waals surface area contributed by atoms with Crippen molar-refractivity contribution in [3.05, 3.63) is 18.0 Å². The highest BCUT2D eigenvalue weighted by atomic mass is 32.2. The molecular formula is C10H15N3O2S. The van der Waals surface area contributed by atoms with E-state index in [1.807, 2.05) is 10.7 Å². The quantitative estimate of drug-likeness (QED) is 0.825. The second kappa shape index (κ2) is 4.88. The van der Waals surface area contributed by atoms with Crippen LogP contribution < -0.4 is 5.32 Å². The van der Waals surface area contributed by atoms with Gasteiger partial charge in [-0.2, -0.15) is 5.10 Å². The van der Waals surface area contributed by atoms with Gasteiger partial charge in [-0.15, -0.1) is 11.8 Å². The molecule has 0 radical (unpaired) electrons. The third kappa shape index (κ3) is 2.22. The summed E-state index contributed by atoms with van der Waals surface area (Å²) in [5, 5.41) is 16.3. The largest absolute Gasteiger partial charge is 0.480 e. The molecule has 0 bridgehead atoms. The number of nitrogens with zero attached hydrogens (tertiary/aromatic N) is 2. The van der Waals surface area contributed by atoms with Crippen LogP contribution in [0, 0.1) is 0 Å². The number of carboxylic acids is 1. The lowest BCUT2D eigenvalue weighted by molar-refractivity contribution is -0.138. The Morgan fingerprint density at radius 3 is 3.25 bits per heavy atom. The summed E-state index contributed by atoms with van der Waals surface area (Å²) in [7, 11) is 0. The summed E-state index contributed by atoms with van der Waals surface area (Å²) in [6.07, 6.45) is 2.79. The molecule has 1 aliphatic rings. The van der Waals surface area contributed by atoms with E-state index < -0.39 is 12.0 Å². The predicted octanol–water partition coefficient (Wildman–Crippen LogP) is 1.08. The summed E-state index contributed by atoms with van der Waals surface area (Å²) in [6, 6.07) is 1.50. The number of rotatable bonds is 4. The Kier molecular flexibility index (Phi) is 3.50. The summed E-state index contributed by atoms with van der Waals surface area (Å²) in [5.74, 6) is -0.173. The van der Waals surface area contributed by atoms with E-state index in [0.29, 0.717) is 5.75 Å². The number of nitrogens with one attached hydrogen (secondary N) is 1. The smallest absolute Gasteiger partial charge is 0.321 e. The summed E-state index contributed by atoms with van der Waals surface area (Å²) < 4.78 is 1.94. The first-order valence-corrected chi connectivity index (χ1v) is 6.39. The Balaban J connectivity index is 2.08. The van der Waals surface area contributed by atoms with Gasteiger partial charge in [-0.3, -0.25) is 14.8 Å². The van der Waals surface area contributed by atoms with E-state index in [2.05, 4.69) is 17.3 Å². The maximum atomic E-state index is 10.8. The number of thioether (sulfide) groups is 1. The van der Waals surface area contributed by atoms with Crippen molar-refractivity contribution in [2.45, 2.75) is 31.3 Å². The van der Waals surface area contributed by atoms with Gasteiger partial charge in [-0.25, -0.2) is 0 Å². The van der Waals surface area contributed by atoms with Gasteiger partial charge in [0.25, 0.3) is 0 Å². The molecule has 2 atom stereocenters. The van der Waals surface area contributed by atoms with E-state index in [9.17, 15) is 4.79 Å². The van der Waals surface area contributed by atoms with Crippen LogP contribution in [0.25, 0.3) is 0 Å². The number of carbonyl (C=O) groups is 1. The van der Waals surface area contributed by atoms with Crippen LogP contribution in [0.15, 0.2) is 12.3 Å². The van der Waals surface area contributed by atoms with Crippen molar-refractivity contribution in [2.24, 2.45) is 0 Å². The zero-order valence-electron chi connectivity index (χ0n) is 9.09. The molecule has 1 aromatic heterocycles. The van der Waals surface area contributed by atoms with E-state index >= 15 is 0 Å². The van der Waals surface area contributed by atoms with Gasteiger partial charge in [0.1, 0.15) is 6.04 Å². The van der Waals surface area contributed by atoms with Crippen LogP contribution in [-0.2, 0) is 11.3 Å². The van der Waals surface area contributed by atoms with Gasteiger partial charge in [0, 0.05) is 18.5 Å². The topological polar surface area (TPSA) is 67.2 Å². The van der Waals surface area contributed by atoms with Gasteiger partial charge in [-0.05, 0) is 12.5 Å². The van der Waals surface area contributed by atoms with Crippen molar-refractivity contribution in [2.75, 3.05) is 5.75 Å². The van der Waals surface area contributed by atoms with Crippen molar-refractivity contribution < 1.29 is 9.90 Å². The summed E-state index contributed by atoms with van der Waals surface area (Å²) in [6.45, 7) is 2.97. The van der Waals surface area contributed by atoms with Crippen LogP contribution in [-0.4, -0.2) is 32.7 Å². The fraction of sp³-hybridized carbons (Fsp3) is 0.600. The minimum absolute atomic E-state index is 0.0511. The molecule has 1 unspecified atom stereocenters. The second-order valence-electron chi connectivity index (χ2n) is 3.75. The van der Waals surface area contributed by atoms with E-state index in [4.69, 9.17) is 5.11 Å². The predicted molar refractivity (Wildman–Crippen MR) is 62.3 cm³/mol. The standard InChI is InChI=1S/C10H15N3O2S/c1-2-5-13-8(3-4-11-13)9-12-7(6-16-9)10(14)15/h3-4,7,9,12H,2,5-6H2,1H3,(H,14,15)/t7-,9?/m0/s1. The maximum Gasteiger partial charge on any atom is 0.321 e. The highest BCUT2D eigenvalue weighted by Crippen LogP contribution is 2.32. The fourth-order valence-electron chi connectivity index (χ4n) is 1.75. The average molecular weight is 241 g/mol. The molecule has 0 aliphatic carbocycles. The van der Waals surface area contributed by atoms with Crippen LogP contribution in [0.4, 0.5) is 0 Å². The molecule has 0 saturated carbocycles. The van der Waals surface area contributed by atoms with Crippen LogP contribution in [0.2, 0.25) is 0 Å². The summed E-state index contributed by atoms with van der Waals surface area (Å²) in [5.41, 5.74) is 1.07. The molecule has 0 amide bonds. The molecule has 16 heavy (non-hydrogen) atoms. The van der Waals surface area contributed by atoms with Crippen molar-refractivity contribution in [3.8, 4) is 0 Å². The number of aliphatic carboxylic acids is 1.